The van der Waals surface area contributed by atoms with Gasteiger partial charge in [-0.2, -0.15) is 0 Å². The van der Waals surface area contributed by atoms with Gasteiger partial charge in [0.15, 0.2) is 0 Å². The average molecular weight is 295 g/mol. The third-order valence-electron chi connectivity index (χ3n) is 4.64. The molecule has 2 radical (unpaired) electrons. The van der Waals surface area contributed by atoms with Gasteiger partial charge in [0.05, 0.1) is 0 Å². The smallest absolute Gasteiger partial charge is 0.0443 e. The van der Waals surface area contributed by atoms with Crippen LogP contribution in [0.15, 0.2) is 0 Å². The zero-order chi connectivity index (χ0) is 15.6. The molecule has 126 valence electrons. The van der Waals surface area contributed by atoms with Crippen molar-refractivity contribution in [1.82, 2.24) is 0 Å². The molecule has 21 heavy (non-hydrogen) atoms. The third kappa shape index (κ3) is 18.0. The van der Waals surface area contributed by atoms with Crippen molar-refractivity contribution in [3.05, 3.63) is 13.8 Å². The maximum absolute atomic E-state index is 3.91. The van der Waals surface area contributed by atoms with Gasteiger partial charge in [0.1, 0.15) is 0 Å². The van der Waals surface area contributed by atoms with Crippen molar-refractivity contribution in [3.8, 4) is 0 Å². The second-order valence-electron chi connectivity index (χ2n) is 6.99. The second-order valence-corrected chi connectivity index (χ2v) is 6.99. The Labute approximate surface area is 136 Å². The van der Waals surface area contributed by atoms with Crippen LogP contribution in [0, 0.1) is 19.8 Å². The fourth-order valence-corrected chi connectivity index (χ4v) is 3.07. The molecule has 0 N–H and O–H groups in total. The zero-order valence-corrected chi connectivity index (χ0v) is 15.0. The molecule has 0 heteroatoms. The van der Waals surface area contributed by atoms with Crippen molar-refractivity contribution in [2.75, 3.05) is 0 Å². The molecular weight excluding hydrogens is 252 g/mol. The first kappa shape index (κ1) is 21.0. The van der Waals surface area contributed by atoms with Gasteiger partial charge in [-0.1, -0.05) is 130 Å². The highest BCUT2D eigenvalue weighted by Crippen LogP contribution is 2.18. The topological polar surface area (TPSA) is 0 Å². The molecule has 1 atom stereocenters. The van der Waals surface area contributed by atoms with Gasteiger partial charge in [-0.25, -0.2) is 0 Å². The van der Waals surface area contributed by atoms with Crippen LogP contribution in [0.3, 0.4) is 0 Å². The monoisotopic (exact) mass is 294 g/mol. The van der Waals surface area contributed by atoms with E-state index in [0.717, 1.165) is 18.8 Å². The van der Waals surface area contributed by atoms with E-state index in [2.05, 4.69) is 20.8 Å². The van der Waals surface area contributed by atoms with Gasteiger partial charge in [0.25, 0.3) is 0 Å². The van der Waals surface area contributed by atoms with Crippen LogP contribution in [0.25, 0.3) is 0 Å². The number of hydrogen-bond donors (Lipinski definition) is 0. The summed E-state index contributed by atoms with van der Waals surface area (Å²) in [6.07, 6.45) is 23.6. The molecule has 0 nitrogen and oxygen atoms in total. The summed E-state index contributed by atoms with van der Waals surface area (Å²) in [5.41, 5.74) is 0. The Morgan fingerprint density at radius 3 is 1.10 bits per heavy atom. The molecule has 0 rings (SSSR count). The Hall–Kier alpha value is 0. The summed E-state index contributed by atoms with van der Waals surface area (Å²) in [7, 11) is 0. The summed E-state index contributed by atoms with van der Waals surface area (Å²) >= 11 is 0. The molecule has 0 fully saturated rings. The van der Waals surface area contributed by atoms with Crippen LogP contribution in [0.2, 0.25) is 0 Å². The normalized spacial score (nSPS) is 12.7. The summed E-state index contributed by atoms with van der Waals surface area (Å²) in [5, 5.41) is 0. The molecule has 0 aliphatic rings. The summed E-state index contributed by atoms with van der Waals surface area (Å²) in [4.78, 5) is 0. The van der Waals surface area contributed by atoms with Gasteiger partial charge in [-0.15, -0.1) is 0 Å². The average Bonchev–Trinajstić information content (AvgIpc) is 2.49. The minimum absolute atomic E-state index is 0.951. The Balaban J connectivity index is 3.09. The van der Waals surface area contributed by atoms with E-state index in [1.165, 1.54) is 96.3 Å². The van der Waals surface area contributed by atoms with Gasteiger partial charge in [-0.05, 0) is 5.92 Å². The summed E-state index contributed by atoms with van der Waals surface area (Å²) < 4.78 is 0. The number of hydrogen-bond acceptors (Lipinski definition) is 0. The van der Waals surface area contributed by atoms with Crippen LogP contribution < -0.4 is 0 Å². The van der Waals surface area contributed by atoms with Crippen molar-refractivity contribution >= 4 is 0 Å². The van der Waals surface area contributed by atoms with Crippen LogP contribution in [0.5, 0.6) is 0 Å². The van der Waals surface area contributed by atoms with Crippen molar-refractivity contribution in [3.63, 3.8) is 0 Å². The lowest BCUT2D eigenvalue weighted by Crippen LogP contribution is -1.95. The standard InChI is InChI=1S/C21H42/c1-4-6-8-10-11-12-13-14-16-18-20-21(3)19-17-15-9-7-5-2/h21H,1-2,4-20H2,3H3. The van der Waals surface area contributed by atoms with Crippen molar-refractivity contribution in [2.24, 2.45) is 5.92 Å². The Morgan fingerprint density at radius 1 is 0.476 bits per heavy atom. The Bertz CT molecular complexity index is 173. The highest BCUT2D eigenvalue weighted by atomic mass is 14.1. The first-order valence-corrected chi connectivity index (χ1v) is 9.89. The molecule has 0 aliphatic heterocycles. The highest BCUT2D eigenvalue weighted by molar-refractivity contribution is 4.56. The van der Waals surface area contributed by atoms with Crippen LogP contribution >= 0.6 is 0 Å². The molecule has 0 bridgehead atoms. The van der Waals surface area contributed by atoms with E-state index < -0.39 is 0 Å². The lowest BCUT2D eigenvalue weighted by molar-refractivity contribution is 0.432. The predicted molar refractivity (Wildman–Crippen MR) is 98.4 cm³/mol. The summed E-state index contributed by atoms with van der Waals surface area (Å²) in [6, 6.07) is 0. The maximum Gasteiger partial charge on any atom is -0.0443 e. The zero-order valence-electron chi connectivity index (χ0n) is 15.0. The largest absolute Gasteiger partial charge is 0.0625 e. The number of rotatable bonds is 17. The van der Waals surface area contributed by atoms with E-state index in [0.29, 0.717) is 0 Å². The predicted octanol–water partition coefficient (Wildman–Crippen LogP) is 7.92. The molecule has 0 saturated heterocycles. The highest BCUT2D eigenvalue weighted by Gasteiger charge is 2.02. The van der Waals surface area contributed by atoms with E-state index in [-0.39, 0.29) is 0 Å². The van der Waals surface area contributed by atoms with Crippen LogP contribution in [0.4, 0.5) is 0 Å². The molecule has 0 amide bonds. The maximum atomic E-state index is 3.91. The molecule has 0 heterocycles. The molecule has 0 aliphatic carbocycles. The van der Waals surface area contributed by atoms with Gasteiger partial charge in [0, 0.05) is 0 Å². The second kappa shape index (κ2) is 18.1. The molecule has 0 spiro atoms. The van der Waals surface area contributed by atoms with Crippen LogP contribution in [-0.4, -0.2) is 0 Å². The van der Waals surface area contributed by atoms with Gasteiger partial charge in [-0.3, -0.25) is 0 Å². The quantitative estimate of drug-likeness (QED) is 0.239. The van der Waals surface area contributed by atoms with Crippen molar-refractivity contribution in [2.45, 2.75) is 116 Å². The number of unbranched alkanes of at least 4 members (excludes halogenated alkanes) is 13. The van der Waals surface area contributed by atoms with Gasteiger partial charge < -0.3 is 0 Å². The van der Waals surface area contributed by atoms with Crippen LogP contribution in [0.1, 0.15) is 116 Å². The molecular formula is C21H42. The van der Waals surface area contributed by atoms with E-state index in [1.54, 1.807) is 0 Å². The van der Waals surface area contributed by atoms with Crippen molar-refractivity contribution < 1.29 is 0 Å². The fourth-order valence-electron chi connectivity index (χ4n) is 3.07. The van der Waals surface area contributed by atoms with E-state index >= 15 is 0 Å². The minimum Gasteiger partial charge on any atom is -0.0625 e. The summed E-state index contributed by atoms with van der Waals surface area (Å²) in [6.45, 7) is 10.3. The minimum atomic E-state index is 0.951. The fraction of sp³-hybridized carbons (Fsp3) is 0.905. The van der Waals surface area contributed by atoms with E-state index in [4.69, 9.17) is 0 Å². The Kier molecular flexibility index (Phi) is 18.1. The van der Waals surface area contributed by atoms with E-state index in [9.17, 15) is 0 Å². The molecule has 0 aromatic heterocycles. The van der Waals surface area contributed by atoms with Crippen LogP contribution in [-0.2, 0) is 0 Å². The molecule has 0 aromatic carbocycles. The molecule has 0 saturated carbocycles. The SMILES string of the molecule is [CH2]CCCCCCCCCCCC(C)CCCCCC[CH2]. The first-order chi connectivity index (χ1) is 10.3. The van der Waals surface area contributed by atoms with E-state index in [1.807, 2.05) is 0 Å². The lowest BCUT2D eigenvalue weighted by atomic mass is 9.96. The summed E-state index contributed by atoms with van der Waals surface area (Å²) in [5.74, 6) is 0.951. The first-order valence-electron chi connectivity index (χ1n) is 9.89. The van der Waals surface area contributed by atoms with Crippen molar-refractivity contribution in [1.29, 1.82) is 0 Å². The van der Waals surface area contributed by atoms with Gasteiger partial charge in [0.2, 0.25) is 0 Å². The lowest BCUT2D eigenvalue weighted by Gasteiger charge is -2.11. The molecule has 1 unspecified atom stereocenters. The Morgan fingerprint density at radius 2 is 0.762 bits per heavy atom. The molecule has 0 aromatic rings. The third-order valence-corrected chi connectivity index (χ3v) is 4.64. The van der Waals surface area contributed by atoms with Gasteiger partial charge >= 0.3 is 0 Å².